The molecule has 0 bridgehead atoms. The van der Waals surface area contributed by atoms with Gasteiger partial charge in [-0.1, -0.05) is 60.7 Å². The molecule has 0 aliphatic rings. The maximum atomic E-state index is 6.02. The molecule has 0 fully saturated rings. The Hall–Kier alpha value is -4.24. The van der Waals surface area contributed by atoms with Crippen LogP contribution in [0.5, 0.6) is 0 Å². The lowest BCUT2D eigenvalue weighted by atomic mass is 10.0. The first kappa shape index (κ1) is 19.4. The van der Waals surface area contributed by atoms with E-state index in [1.54, 1.807) is 12.5 Å². The van der Waals surface area contributed by atoms with Gasteiger partial charge in [0, 0.05) is 21.5 Å². The van der Waals surface area contributed by atoms with Crippen molar-refractivity contribution in [1.29, 1.82) is 0 Å². The quantitative estimate of drug-likeness (QED) is 0.262. The summed E-state index contributed by atoms with van der Waals surface area (Å²) < 4.78 is 18.0. The molecule has 2 aromatic heterocycles. The second kappa shape index (κ2) is 7.72. The molecule has 3 nitrogen and oxygen atoms in total. The van der Waals surface area contributed by atoms with Crippen LogP contribution in [0.25, 0.3) is 55.0 Å². The van der Waals surface area contributed by atoms with E-state index in [-0.39, 0.29) is 0 Å². The lowest BCUT2D eigenvalue weighted by Gasteiger charge is -2.06. The zero-order valence-electron chi connectivity index (χ0n) is 18.5. The van der Waals surface area contributed by atoms with Gasteiger partial charge in [0.1, 0.15) is 22.3 Å². The number of hydrogen-bond acceptors (Lipinski definition) is 3. The van der Waals surface area contributed by atoms with Crippen molar-refractivity contribution in [2.75, 3.05) is 0 Å². The molecule has 6 rings (SSSR count). The van der Waals surface area contributed by atoms with Crippen molar-refractivity contribution >= 4 is 55.0 Å². The summed E-state index contributed by atoms with van der Waals surface area (Å²) >= 11 is 0. The molecular weight excluding hydrogens is 408 g/mol. The van der Waals surface area contributed by atoms with Crippen molar-refractivity contribution in [3.63, 3.8) is 0 Å². The summed E-state index contributed by atoms with van der Waals surface area (Å²) in [6, 6.07) is 28.5. The van der Waals surface area contributed by atoms with Crippen LogP contribution < -0.4 is 0 Å². The summed E-state index contributed by atoms with van der Waals surface area (Å²) in [5.41, 5.74) is 7.82. The number of rotatable bonds is 4. The third kappa shape index (κ3) is 3.21. The van der Waals surface area contributed by atoms with E-state index >= 15 is 0 Å². The lowest BCUT2D eigenvalue weighted by Crippen LogP contribution is -1.85. The van der Waals surface area contributed by atoms with E-state index in [9.17, 15) is 0 Å². The number of furan rings is 2. The van der Waals surface area contributed by atoms with Gasteiger partial charge in [-0.3, -0.25) is 0 Å². The molecule has 0 atom stereocenters. The summed E-state index contributed by atoms with van der Waals surface area (Å²) in [7, 11) is 0. The molecule has 0 saturated carbocycles. The average Bonchev–Trinajstić information content (AvgIpc) is 3.42. The van der Waals surface area contributed by atoms with Crippen LogP contribution in [0.2, 0.25) is 0 Å². The normalized spacial score (nSPS) is 12.9. The van der Waals surface area contributed by atoms with Gasteiger partial charge >= 0.3 is 0 Å². The van der Waals surface area contributed by atoms with Crippen molar-refractivity contribution in [3.8, 4) is 0 Å². The fourth-order valence-corrected chi connectivity index (χ4v) is 4.57. The zero-order chi connectivity index (χ0) is 22.4. The molecule has 0 saturated heterocycles. The van der Waals surface area contributed by atoms with Gasteiger partial charge in [-0.2, -0.15) is 0 Å². The van der Waals surface area contributed by atoms with Crippen molar-refractivity contribution in [2.45, 2.75) is 13.8 Å². The van der Waals surface area contributed by atoms with E-state index < -0.39 is 0 Å². The number of fused-ring (bicyclic) bond motifs is 6. The second-order valence-electron chi connectivity index (χ2n) is 8.29. The minimum absolute atomic E-state index is 0.881. The Balaban J connectivity index is 1.37. The molecule has 4 aromatic carbocycles. The maximum Gasteiger partial charge on any atom is 0.136 e. The Kier molecular flexibility index (Phi) is 4.55. The van der Waals surface area contributed by atoms with E-state index in [0.29, 0.717) is 0 Å². The fourth-order valence-electron chi connectivity index (χ4n) is 4.57. The van der Waals surface area contributed by atoms with Crippen LogP contribution in [0.15, 0.2) is 106 Å². The van der Waals surface area contributed by atoms with Gasteiger partial charge in [-0.05, 0) is 60.4 Å². The van der Waals surface area contributed by atoms with Crippen LogP contribution in [0, 0.1) is 0 Å². The molecule has 0 amide bonds. The first-order chi connectivity index (χ1) is 16.2. The smallest absolute Gasteiger partial charge is 0.136 e. The first-order valence-electron chi connectivity index (χ1n) is 11.0. The summed E-state index contributed by atoms with van der Waals surface area (Å²) in [5.74, 6) is 0. The molecule has 0 aliphatic carbocycles. The van der Waals surface area contributed by atoms with Gasteiger partial charge in [0.2, 0.25) is 0 Å². The van der Waals surface area contributed by atoms with Crippen LogP contribution in [0.3, 0.4) is 0 Å². The highest BCUT2D eigenvalue weighted by Crippen LogP contribution is 2.35. The zero-order valence-corrected chi connectivity index (χ0v) is 18.5. The highest BCUT2D eigenvalue weighted by atomic mass is 16.5. The van der Waals surface area contributed by atoms with Gasteiger partial charge in [0.25, 0.3) is 0 Å². The number of benzene rings is 4. The summed E-state index contributed by atoms with van der Waals surface area (Å²) in [4.78, 5) is 0. The molecule has 0 unspecified atom stereocenters. The van der Waals surface area contributed by atoms with Gasteiger partial charge in [-0.25, -0.2) is 0 Å². The fraction of sp³-hybridized carbons (Fsp3) is 0.0667. The van der Waals surface area contributed by atoms with Crippen LogP contribution in [0.1, 0.15) is 25.0 Å². The predicted octanol–water partition coefficient (Wildman–Crippen LogP) is 8.92. The molecule has 0 N–H and O–H groups in total. The third-order valence-electron chi connectivity index (χ3n) is 6.14. The Labute approximate surface area is 191 Å². The van der Waals surface area contributed by atoms with Crippen LogP contribution in [-0.4, -0.2) is 0 Å². The second-order valence-corrected chi connectivity index (χ2v) is 8.29. The van der Waals surface area contributed by atoms with Crippen molar-refractivity contribution in [1.82, 2.24) is 0 Å². The largest absolute Gasteiger partial charge is 0.472 e. The van der Waals surface area contributed by atoms with E-state index in [1.807, 2.05) is 60.7 Å². The molecule has 160 valence electrons. The minimum Gasteiger partial charge on any atom is -0.472 e. The lowest BCUT2D eigenvalue weighted by molar-refractivity contribution is 0.406. The van der Waals surface area contributed by atoms with E-state index in [0.717, 1.165) is 66.2 Å². The standard InChI is InChI=1S/C30H22O3/c1-19(21-11-7-15-27-29(21)23-9-3-5-13-25(23)32-27)17-31-18-20(2)22-12-8-16-28-30(22)24-10-4-6-14-26(24)33-28/h3-18H,1-2H3. The SMILES string of the molecule is CC(=COC=C(C)c1cccc2oc3ccccc3c12)c1cccc2oc3ccccc3c12. The number of para-hydroxylation sites is 2. The first-order valence-corrected chi connectivity index (χ1v) is 11.0. The highest BCUT2D eigenvalue weighted by molar-refractivity contribution is 6.11. The Morgan fingerprint density at radius 1 is 0.545 bits per heavy atom. The molecule has 0 radical (unpaired) electrons. The Bertz CT molecular complexity index is 1580. The van der Waals surface area contributed by atoms with Gasteiger partial charge in [0.05, 0.1) is 12.5 Å². The van der Waals surface area contributed by atoms with Crippen molar-refractivity contribution in [3.05, 3.63) is 109 Å². The number of ether oxygens (including phenoxy) is 1. The molecule has 2 heterocycles. The van der Waals surface area contributed by atoms with Gasteiger partial charge < -0.3 is 13.6 Å². The van der Waals surface area contributed by atoms with Gasteiger partial charge in [0.15, 0.2) is 0 Å². The van der Waals surface area contributed by atoms with Crippen LogP contribution >= 0.6 is 0 Å². The van der Waals surface area contributed by atoms with E-state index in [4.69, 9.17) is 13.6 Å². The van der Waals surface area contributed by atoms with Crippen molar-refractivity contribution < 1.29 is 13.6 Å². The molecule has 0 aliphatic heterocycles. The summed E-state index contributed by atoms with van der Waals surface area (Å²) in [6.45, 7) is 4.12. The topological polar surface area (TPSA) is 35.5 Å². The predicted molar refractivity (Wildman–Crippen MR) is 136 cm³/mol. The van der Waals surface area contributed by atoms with Crippen LogP contribution in [-0.2, 0) is 4.74 Å². The number of hydrogen-bond donors (Lipinski definition) is 0. The minimum atomic E-state index is 0.881. The third-order valence-corrected chi connectivity index (χ3v) is 6.14. The molecule has 33 heavy (non-hydrogen) atoms. The summed E-state index contributed by atoms with van der Waals surface area (Å²) in [5, 5.41) is 4.45. The number of allylic oxidation sites excluding steroid dienone is 2. The molecule has 0 spiro atoms. The molecule has 3 heteroatoms. The Morgan fingerprint density at radius 3 is 1.45 bits per heavy atom. The molecule has 6 aromatic rings. The van der Waals surface area contributed by atoms with Gasteiger partial charge in [-0.15, -0.1) is 0 Å². The molecular formula is C30H22O3. The van der Waals surface area contributed by atoms with E-state index in [1.165, 1.54) is 0 Å². The maximum absolute atomic E-state index is 6.02. The highest BCUT2D eigenvalue weighted by Gasteiger charge is 2.13. The summed E-state index contributed by atoms with van der Waals surface area (Å²) in [6.07, 6.45) is 3.60. The van der Waals surface area contributed by atoms with E-state index in [2.05, 4.69) is 38.1 Å². The monoisotopic (exact) mass is 430 g/mol. The Morgan fingerprint density at radius 2 is 0.970 bits per heavy atom. The van der Waals surface area contributed by atoms with Crippen LogP contribution in [0.4, 0.5) is 0 Å². The average molecular weight is 431 g/mol. The van der Waals surface area contributed by atoms with Crippen molar-refractivity contribution in [2.24, 2.45) is 0 Å².